The molecule has 0 aliphatic carbocycles. The van der Waals surface area contributed by atoms with Crippen LogP contribution in [0, 0.1) is 6.92 Å². The molecule has 3 heteroatoms. The van der Waals surface area contributed by atoms with Crippen LogP contribution in [0.5, 0.6) is 5.75 Å². The number of methoxy groups -OCH3 is 1. The highest BCUT2D eigenvalue weighted by Gasteiger charge is 2.20. The number of halogens is 1. The summed E-state index contributed by atoms with van der Waals surface area (Å²) < 4.78 is 5.19. The van der Waals surface area contributed by atoms with E-state index in [1.165, 1.54) is 16.7 Å². The molecule has 0 N–H and O–H groups in total. The Balaban J connectivity index is 1.72. The van der Waals surface area contributed by atoms with Crippen LogP contribution in [-0.4, -0.2) is 12.0 Å². The van der Waals surface area contributed by atoms with Crippen molar-refractivity contribution in [3.05, 3.63) is 63.7 Å². The molecule has 1 aliphatic heterocycles. The lowest BCUT2D eigenvalue weighted by atomic mass is 10.1. The van der Waals surface area contributed by atoms with E-state index in [-0.39, 0.29) is 0 Å². The molecule has 2 aromatic carbocycles. The highest BCUT2D eigenvalue weighted by molar-refractivity contribution is 6.31. The number of hydrogen-bond acceptors (Lipinski definition) is 2. The van der Waals surface area contributed by atoms with Crippen molar-refractivity contribution in [3.63, 3.8) is 0 Å². The maximum atomic E-state index is 6.20. The first-order valence-electron chi connectivity index (χ1n) is 6.79. The topological polar surface area (TPSA) is 12.5 Å². The molecule has 0 fully saturated rings. The van der Waals surface area contributed by atoms with Gasteiger partial charge in [-0.3, -0.25) is 4.90 Å². The van der Waals surface area contributed by atoms with Crippen molar-refractivity contribution in [3.8, 4) is 5.75 Å². The van der Waals surface area contributed by atoms with Gasteiger partial charge in [-0.05, 0) is 47.4 Å². The SMILES string of the molecule is COc1ccc(CN2Cc3cc(C)c(Cl)cc3C2)cc1. The average molecular weight is 288 g/mol. The fraction of sp³-hybridized carbons (Fsp3) is 0.294. The Hall–Kier alpha value is -1.51. The third-order valence-corrected chi connectivity index (χ3v) is 4.24. The molecule has 2 aromatic rings. The lowest BCUT2D eigenvalue weighted by Gasteiger charge is -2.14. The van der Waals surface area contributed by atoms with E-state index in [4.69, 9.17) is 16.3 Å². The van der Waals surface area contributed by atoms with E-state index >= 15 is 0 Å². The van der Waals surface area contributed by atoms with Crippen LogP contribution in [-0.2, 0) is 19.6 Å². The van der Waals surface area contributed by atoms with Gasteiger partial charge in [0.1, 0.15) is 5.75 Å². The van der Waals surface area contributed by atoms with Gasteiger partial charge >= 0.3 is 0 Å². The van der Waals surface area contributed by atoms with Gasteiger partial charge in [-0.1, -0.05) is 29.8 Å². The first-order chi connectivity index (χ1) is 9.65. The van der Waals surface area contributed by atoms with Gasteiger partial charge in [0.2, 0.25) is 0 Å². The van der Waals surface area contributed by atoms with Crippen molar-refractivity contribution < 1.29 is 4.74 Å². The molecule has 0 aromatic heterocycles. The Morgan fingerprint density at radius 1 is 1.10 bits per heavy atom. The zero-order valence-electron chi connectivity index (χ0n) is 11.8. The van der Waals surface area contributed by atoms with Crippen molar-refractivity contribution in [1.82, 2.24) is 4.90 Å². The second kappa shape index (κ2) is 5.47. The second-order valence-corrected chi connectivity index (χ2v) is 5.77. The Bertz CT molecular complexity index is 591. The number of hydrogen-bond donors (Lipinski definition) is 0. The lowest BCUT2D eigenvalue weighted by Crippen LogP contribution is -2.15. The van der Waals surface area contributed by atoms with E-state index < -0.39 is 0 Å². The van der Waals surface area contributed by atoms with Crippen molar-refractivity contribution in [2.45, 2.75) is 26.6 Å². The van der Waals surface area contributed by atoms with Crippen molar-refractivity contribution in [2.24, 2.45) is 0 Å². The second-order valence-electron chi connectivity index (χ2n) is 5.36. The standard InChI is InChI=1S/C17H18ClNO/c1-12-7-14-10-19(11-15(14)8-17(12)18)9-13-3-5-16(20-2)6-4-13/h3-8H,9-11H2,1-2H3. The summed E-state index contributed by atoms with van der Waals surface area (Å²) >= 11 is 6.20. The van der Waals surface area contributed by atoms with Crippen LogP contribution < -0.4 is 4.74 Å². The van der Waals surface area contributed by atoms with Gasteiger partial charge in [0.15, 0.2) is 0 Å². The van der Waals surface area contributed by atoms with E-state index in [1.807, 2.05) is 12.1 Å². The quantitative estimate of drug-likeness (QED) is 0.840. The van der Waals surface area contributed by atoms with Gasteiger partial charge in [-0.25, -0.2) is 0 Å². The number of aryl methyl sites for hydroxylation is 1. The summed E-state index contributed by atoms with van der Waals surface area (Å²) in [5.41, 5.74) is 5.23. The molecule has 0 saturated carbocycles. The number of benzene rings is 2. The Morgan fingerprint density at radius 2 is 1.75 bits per heavy atom. The molecule has 104 valence electrons. The van der Waals surface area contributed by atoms with Gasteiger partial charge in [-0.2, -0.15) is 0 Å². The number of ether oxygens (including phenoxy) is 1. The minimum Gasteiger partial charge on any atom is -0.497 e. The van der Waals surface area contributed by atoms with Crippen LogP contribution in [0.1, 0.15) is 22.3 Å². The molecular weight excluding hydrogens is 270 g/mol. The maximum absolute atomic E-state index is 6.20. The molecule has 0 radical (unpaired) electrons. The first-order valence-corrected chi connectivity index (χ1v) is 7.16. The normalized spacial score (nSPS) is 14.3. The molecule has 1 aliphatic rings. The Kier molecular flexibility index (Phi) is 3.68. The monoisotopic (exact) mass is 287 g/mol. The number of fused-ring (bicyclic) bond motifs is 1. The first kappa shape index (κ1) is 13.5. The predicted molar refractivity (Wildman–Crippen MR) is 82.1 cm³/mol. The van der Waals surface area contributed by atoms with E-state index in [9.17, 15) is 0 Å². The minimum absolute atomic E-state index is 0.870. The largest absolute Gasteiger partial charge is 0.497 e. The van der Waals surface area contributed by atoms with Gasteiger partial charge in [-0.15, -0.1) is 0 Å². The highest BCUT2D eigenvalue weighted by atomic mass is 35.5. The molecule has 20 heavy (non-hydrogen) atoms. The molecular formula is C17H18ClNO. The van der Waals surface area contributed by atoms with E-state index in [2.05, 4.69) is 36.1 Å². The van der Waals surface area contributed by atoms with Crippen molar-refractivity contribution >= 4 is 11.6 Å². The van der Waals surface area contributed by atoms with Gasteiger partial charge < -0.3 is 4.74 Å². The summed E-state index contributed by atoms with van der Waals surface area (Å²) in [6.45, 7) is 4.99. The van der Waals surface area contributed by atoms with E-state index in [0.717, 1.165) is 36.0 Å². The van der Waals surface area contributed by atoms with Crippen LogP contribution in [0.15, 0.2) is 36.4 Å². The summed E-state index contributed by atoms with van der Waals surface area (Å²) in [4.78, 5) is 2.43. The summed E-state index contributed by atoms with van der Waals surface area (Å²) in [5, 5.41) is 0.870. The maximum Gasteiger partial charge on any atom is 0.118 e. The Labute approximate surface area is 124 Å². The smallest absolute Gasteiger partial charge is 0.118 e. The van der Waals surface area contributed by atoms with Gasteiger partial charge in [0, 0.05) is 24.7 Å². The van der Waals surface area contributed by atoms with E-state index in [1.54, 1.807) is 7.11 Å². The molecule has 0 atom stereocenters. The minimum atomic E-state index is 0.870. The lowest BCUT2D eigenvalue weighted by molar-refractivity contribution is 0.275. The van der Waals surface area contributed by atoms with Crippen molar-refractivity contribution in [1.29, 1.82) is 0 Å². The molecule has 0 amide bonds. The zero-order chi connectivity index (χ0) is 14.1. The summed E-state index contributed by atoms with van der Waals surface area (Å²) in [5.74, 6) is 0.904. The van der Waals surface area contributed by atoms with Crippen LogP contribution in [0.3, 0.4) is 0 Å². The summed E-state index contributed by atoms with van der Waals surface area (Å²) in [7, 11) is 1.69. The van der Waals surface area contributed by atoms with Crippen LogP contribution >= 0.6 is 11.6 Å². The molecule has 2 nitrogen and oxygen atoms in total. The highest BCUT2D eigenvalue weighted by Crippen LogP contribution is 2.29. The molecule has 0 saturated heterocycles. The molecule has 0 unspecified atom stereocenters. The van der Waals surface area contributed by atoms with Crippen LogP contribution in [0.4, 0.5) is 0 Å². The average Bonchev–Trinajstić information content (AvgIpc) is 2.81. The molecule has 0 bridgehead atoms. The molecule has 1 heterocycles. The summed E-state index contributed by atoms with van der Waals surface area (Å²) in [6, 6.07) is 12.6. The van der Waals surface area contributed by atoms with Crippen molar-refractivity contribution in [2.75, 3.05) is 7.11 Å². The molecule has 3 rings (SSSR count). The van der Waals surface area contributed by atoms with Crippen LogP contribution in [0.2, 0.25) is 5.02 Å². The zero-order valence-corrected chi connectivity index (χ0v) is 12.6. The summed E-state index contributed by atoms with van der Waals surface area (Å²) in [6.07, 6.45) is 0. The number of rotatable bonds is 3. The van der Waals surface area contributed by atoms with Gasteiger partial charge in [0.05, 0.1) is 7.11 Å². The fourth-order valence-corrected chi connectivity index (χ4v) is 2.90. The predicted octanol–water partition coefficient (Wildman–Crippen LogP) is 4.17. The fourth-order valence-electron chi connectivity index (χ4n) is 2.72. The van der Waals surface area contributed by atoms with Crippen LogP contribution in [0.25, 0.3) is 0 Å². The third kappa shape index (κ3) is 2.67. The van der Waals surface area contributed by atoms with E-state index in [0.29, 0.717) is 0 Å². The third-order valence-electron chi connectivity index (χ3n) is 3.83. The van der Waals surface area contributed by atoms with Gasteiger partial charge in [0.25, 0.3) is 0 Å². The molecule has 0 spiro atoms. The Morgan fingerprint density at radius 3 is 2.40 bits per heavy atom. The number of nitrogens with zero attached hydrogens (tertiary/aromatic N) is 1.